The maximum atomic E-state index is 12.3. The number of allylic oxidation sites excluding steroid dienone is 1. The number of amides is 1. The molecule has 0 aliphatic rings. The van der Waals surface area contributed by atoms with Crippen molar-refractivity contribution in [1.29, 1.82) is 0 Å². The van der Waals surface area contributed by atoms with Crippen LogP contribution in [-0.2, 0) is 4.79 Å². The van der Waals surface area contributed by atoms with Crippen molar-refractivity contribution in [3.8, 4) is 0 Å². The van der Waals surface area contributed by atoms with Crippen molar-refractivity contribution in [1.82, 2.24) is 5.32 Å². The molecule has 340 valence electrons. The van der Waals surface area contributed by atoms with Crippen molar-refractivity contribution in [2.45, 2.75) is 315 Å². The van der Waals surface area contributed by atoms with E-state index in [4.69, 9.17) is 0 Å². The molecular weight excluding hydrogens is 699 g/mol. The van der Waals surface area contributed by atoms with Crippen LogP contribution in [0.5, 0.6) is 0 Å². The van der Waals surface area contributed by atoms with Gasteiger partial charge in [0.2, 0.25) is 5.91 Å². The van der Waals surface area contributed by atoms with Gasteiger partial charge in [-0.1, -0.05) is 289 Å². The highest BCUT2D eigenvalue weighted by molar-refractivity contribution is 5.76. The van der Waals surface area contributed by atoms with E-state index >= 15 is 0 Å². The van der Waals surface area contributed by atoms with Crippen molar-refractivity contribution in [2.75, 3.05) is 6.61 Å². The lowest BCUT2D eigenvalue weighted by Crippen LogP contribution is -2.45. The van der Waals surface area contributed by atoms with Crippen molar-refractivity contribution in [3.63, 3.8) is 0 Å². The summed E-state index contributed by atoms with van der Waals surface area (Å²) in [4.78, 5) is 12.3. The van der Waals surface area contributed by atoms with E-state index in [-0.39, 0.29) is 12.5 Å². The van der Waals surface area contributed by atoms with E-state index in [1.54, 1.807) is 6.08 Å². The molecule has 0 saturated heterocycles. The molecule has 0 radical (unpaired) electrons. The van der Waals surface area contributed by atoms with E-state index in [9.17, 15) is 15.0 Å². The Morgan fingerprint density at radius 3 is 0.912 bits per heavy atom. The van der Waals surface area contributed by atoms with E-state index in [0.29, 0.717) is 6.42 Å². The molecule has 0 heterocycles. The summed E-state index contributed by atoms with van der Waals surface area (Å²) in [5.41, 5.74) is 0. The van der Waals surface area contributed by atoms with Crippen molar-refractivity contribution in [2.24, 2.45) is 0 Å². The molecule has 0 fully saturated rings. The highest BCUT2D eigenvalue weighted by Crippen LogP contribution is 2.18. The van der Waals surface area contributed by atoms with Crippen LogP contribution in [-0.4, -0.2) is 34.9 Å². The molecule has 0 aliphatic heterocycles. The molecule has 0 aromatic rings. The Hall–Kier alpha value is -0.870. The second-order valence-electron chi connectivity index (χ2n) is 18.3. The fraction of sp³-hybridized carbons (Fsp3) is 0.943. The van der Waals surface area contributed by atoms with Gasteiger partial charge in [-0.2, -0.15) is 0 Å². The third kappa shape index (κ3) is 46.1. The van der Waals surface area contributed by atoms with E-state index in [1.165, 1.54) is 257 Å². The highest BCUT2D eigenvalue weighted by Gasteiger charge is 2.18. The van der Waals surface area contributed by atoms with Gasteiger partial charge in [0.05, 0.1) is 18.8 Å². The minimum absolute atomic E-state index is 0.0639. The van der Waals surface area contributed by atoms with Gasteiger partial charge in [-0.05, 0) is 19.3 Å². The van der Waals surface area contributed by atoms with Crippen LogP contribution in [0.25, 0.3) is 0 Å². The molecular formula is C53H105NO3. The molecule has 0 aliphatic carbocycles. The third-order valence-electron chi connectivity index (χ3n) is 12.5. The largest absolute Gasteiger partial charge is 0.394 e. The Kier molecular flexibility index (Phi) is 48.7. The number of aliphatic hydroxyl groups is 2. The summed E-state index contributed by atoms with van der Waals surface area (Å²) in [6.45, 7) is 4.26. The lowest BCUT2D eigenvalue weighted by Gasteiger charge is -2.20. The van der Waals surface area contributed by atoms with Crippen molar-refractivity contribution < 1.29 is 15.0 Å². The summed E-state index contributed by atoms with van der Waals surface area (Å²) in [5.74, 6) is -0.0639. The first-order chi connectivity index (χ1) is 28.2. The van der Waals surface area contributed by atoms with Crippen LogP contribution in [0.2, 0.25) is 0 Å². The molecule has 2 unspecified atom stereocenters. The summed E-state index contributed by atoms with van der Waals surface area (Å²) in [7, 11) is 0. The number of hydrogen-bond acceptors (Lipinski definition) is 3. The van der Waals surface area contributed by atoms with E-state index in [2.05, 4.69) is 19.2 Å². The molecule has 57 heavy (non-hydrogen) atoms. The smallest absolute Gasteiger partial charge is 0.220 e. The second kappa shape index (κ2) is 49.5. The van der Waals surface area contributed by atoms with Crippen LogP contribution in [0.1, 0.15) is 303 Å². The van der Waals surface area contributed by atoms with Crippen molar-refractivity contribution in [3.05, 3.63) is 12.2 Å². The zero-order valence-electron chi connectivity index (χ0n) is 39.1. The van der Waals surface area contributed by atoms with E-state index < -0.39 is 12.1 Å². The Morgan fingerprint density at radius 1 is 0.404 bits per heavy atom. The average molecular weight is 804 g/mol. The zero-order chi connectivity index (χ0) is 41.4. The minimum Gasteiger partial charge on any atom is -0.394 e. The van der Waals surface area contributed by atoms with Gasteiger partial charge in [-0.3, -0.25) is 4.79 Å². The molecule has 0 aromatic heterocycles. The molecule has 0 saturated carbocycles. The number of unbranched alkanes of at least 4 members (excludes halogenated alkanes) is 42. The maximum Gasteiger partial charge on any atom is 0.220 e. The van der Waals surface area contributed by atoms with Gasteiger partial charge in [-0.25, -0.2) is 0 Å². The number of aliphatic hydroxyl groups excluding tert-OH is 2. The SMILES string of the molecule is CCCCCC/C=C/C(O)C(CO)NC(=O)CCCCCCCCCCCCCCCCCCCCCCCCCCCCCCCCCCCCCCCCC. The average Bonchev–Trinajstić information content (AvgIpc) is 3.22. The van der Waals surface area contributed by atoms with Gasteiger partial charge in [-0.15, -0.1) is 0 Å². The first-order valence-corrected chi connectivity index (χ1v) is 26.4. The molecule has 0 aromatic carbocycles. The fourth-order valence-electron chi connectivity index (χ4n) is 8.48. The van der Waals surface area contributed by atoms with Crippen LogP contribution in [0, 0.1) is 0 Å². The van der Waals surface area contributed by atoms with E-state index in [1.807, 2.05) is 6.08 Å². The number of hydrogen-bond donors (Lipinski definition) is 3. The Bertz CT molecular complexity index is 784. The molecule has 3 N–H and O–H groups in total. The Morgan fingerprint density at radius 2 is 0.649 bits per heavy atom. The summed E-state index contributed by atoms with van der Waals surface area (Å²) < 4.78 is 0. The molecule has 4 nitrogen and oxygen atoms in total. The van der Waals surface area contributed by atoms with Gasteiger partial charge in [0.15, 0.2) is 0 Å². The topological polar surface area (TPSA) is 69.6 Å². The summed E-state index contributed by atoms with van der Waals surface area (Å²) in [6.07, 6.45) is 64.2. The van der Waals surface area contributed by atoms with Crippen LogP contribution in [0.15, 0.2) is 12.2 Å². The zero-order valence-corrected chi connectivity index (χ0v) is 39.1. The van der Waals surface area contributed by atoms with Gasteiger partial charge < -0.3 is 15.5 Å². The Labute approximate surface area is 358 Å². The second-order valence-corrected chi connectivity index (χ2v) is 18.3. The quantitative estimate of drug-likeness (QED) is 0.0424. The van der Waals surface area contributed by atoms with Gasteiger partial charge in [0.25, 0.3) is 0 Å². The molecule has 0 rings (SSSR count). The summed E-state index contributed by atoms with van der Waals surface area (Å²) in [6, 6.07) is -0.614. The lowest BCUT2D eigenvalue weighted by atomic mass is 10.0. The van der Waals surface area contributed by atoms with E-state index in [0.717, 1.165) is 25.7 Å². The number of nitrogens with one attached hydrogen (secondary N) is 1. The lowest BCUT2D eigenvalue weighted by molar-refractivity contribution is -0.123. The molecule has 0 spiro atoms. The Balaban J connectivity index is 3.26. The monoisotopic (exact) mass is 804 g/mol. The van der Waals surface area contributed by atoms with Crippen LogP contribution in [0.4, 0.5) is 0 Å². The molecule has 1 amide bonds. The van der Waals surface area contributed by atoms with Crippen LogP contribution >= 0.6 is 0 Å². The van der Waals surface area contributed by atoms with Gasteiger partial charge >= 0.3 is 0 Å². The number of rotatable bonds is 49. The minimum atomic E-state index is -0.831. The first-order valence-electron chi connectivity index (χ1n) is 26.4. The number of carbonyl (C=O) groups excluding carboxylic acids is 1. The molecule has 2 atom stereocenters. The summed E-state index contributed by atoms with van der Waals surface area (Å²) >= 11 is 0. The summed E-state index contributed by atoms with van der Waals surface area (Å²) in [5, 5.41) is 22.7. The molecule has 0 bridgehead atoms. The maximum absolute atomic E-state index is 12.3. The first kappa shape index (κ1) is 56.1. The van der Waals surface area contributed by atoms with Crippen LogP contribution < -0.4 is 5.32 Å². The predicted molar refractivity (Wildman–Crippen MR) is 253 cm³/mol. The normalized spacial score (nSPS) is 12.8. The highest BCUT2D eigenvalue weighted by atomic mass is 16.3. The van der Waals surface area contributed by atoms with Crippen LogP contribution in [0.3, 0.4) is 0 Å². The van der Waals surface area contributed by atoms with Crippen molar-refractivity contribution >= 4 is 5.91 Å². The van der Waals surface area contributed by atoms with Gasteiger partial charge in [0, 0.05) is 6.42 Å². The molecule has 4 heteroatoms. The third-order valence-corrected chi connectivity index (χ3v) is 12.5. The standard InChI is InChI=1S/C53H105NO3/c1-3-5-7-9-11-12-13-14-15-16-17-18-19-20-21-22-23-24-25-26-27-28-29-30-31-32-33-34-35-36-37-38-39-40-41-42-43-45-47-49-53(57)54-51(50-55)52(56)48-46-44-10-8-6-4-2/h46,48,51-52,55-56H,3-45,47,49-50H2,1-2H3,(H,54,57)/b48-46+. The predicted octanol–water partition coefficient (Wildman–Crippen LogP) is 17.0. The number of carbonyl (C=O) groups is 1. The van der Waals surface area contributed by atoms with Gasteiger partial charge in [0.1, 0.15) is 0 Å². The fourth-order valence-corrected chi connectivity index (χ4v) is 8.48.